The number of alkyl halides is 2. The Kier molecular flexibility index (Phi) is 6.06. The van der Waals surface area contributed by atoms with Crippen LogP contribution in [0, 0.1) is 0 Å². The highest BCUT2D eigenvalue weighted by atomic mass is 35.5. The largest absolute Gasteiger partial charge is 0.243 e. The second-order valence-corrected chi connectivity index (χ2v) is 8.17. The minimum Gasteiger partial charge on any atom is -0.207 e. The van der Waals surface area contributed by atoms with Gasteiger partial charge in [0.25, 0.3) is 0 Å². The molecule has 1 aromatic rings. The fourth-order valence-corrected chi connectivity index (χ4v) is 5.78. The van der Waals surface area contributed by atoms with Crippen LogP contribution in [0.5, 0.6) is 0 Å². The molecule has 0 saturated heterocycles. The van der Waals surface area contributed by atoms with E-state index in [2.05, 4.69) is 4.72 Å². The summed E-state index contributed by atoms with van der Waals surface area (Å²) >= 11 is 24.2. The van der Waals surface area contributed by atoms with Gasteiger partial charge in [-0.05, 0) is 12.5 Å². The Hall–Kier alpha value is 0.770. The molecule has 0 spiro atoms. The zero-order chi connectivity index (χ0) is 14.0. The third kappa shape index (κ3) is 3.66. The summed E-state index contributed by atoms with van der Waals surface area (Å²) in [7, 11) is -3.79. The van der Waals surface area contributed by atoms with E-state index in [4.69, 9.17) is 46.4 Å². The Morgan fingerprint density at radius 2 is 1.89 bits per heavy atom. The molecule has 0 atom stereocenters. The van der Waals surface area contributed by atoms with Crippen molar-refractivity contribution < 1.29 is 8.42 Å². The standard InChI is InChI=1S/C9H11Cl4NO2S2/c1-2-9(4-10,5-11)14-18(15,16)6-3-7(12)17-8(6)13/h3,14H,2,4-5H2,1H3. The molecular formula is C9H11Cl4NO2S2. The number of hydrogen-bond acceptors (Lipinski definition) is 3. The van der Waals surface area contributed by atoms with Gasteiger partial charge in [-0.3, -0.25) is 0 Å². The summed E-state index contributed by atoms with van der Waals surface area (Å²) in [5, 5.41) is 0. The summed E-state index contributed by atoms with van der Waals surface area (Å²) < 4.78 is 27.3. The summed E-state index contributed by atoms with van der Waals surface area (Å²) in [5.74, 6) is 0.142. The second-order valence-electron chi connectivity index (χ2n) is 3.70. The van der Waals surface area contributed by atoms with Crippen LogP contribution >= 0.6 is 57.7 Å². The van der Waals surface area contributed by atoms with Crippen LogP contribution in [-0.4, -0.2) is 25.7 Å². The van der Waals surface area contributed by atoms with Gasteiger partial charge < -0.3 is 0 Å². The molecule has 0 aromatic carbocycles. The summed E-state index contributed by atoms with van der Waals surface area (Å²) in [6.45, 7) is 1.80. The molecule has 0 aliphatic carbocycles. The van der Waals surface area contributed by atoms with Crippen LogP contribution in [0.2, 0.25) is 8.67 Å². The maximum Gasteiger partial charge on any atom is 0.243 e. The minimum absolute atomic E-state index is 0.0489. The number of halogens is 4. The summed E-state index contributed by atoms with van der Waals surface area (Å²) in [6.07, 6.45) is 0.467. The predicted molar refractivity (Wildman–Crippen MR) is 79.1 cm³/mol. The van der Waals surface area contributed by atoms with Crippen LogP contribution in [0.3, 0.4) is 0 Å². The first-order valence-corrected chi connectivity index (χ1v) is 9.03. The lowest BCUT2D eigenvalue weighted by Crippen LogP contribution is -2.51. The molecule has 0 radical (unpaired) electrons. The van der Waals surface area contributed by atoms with Gasteiger partial charge in [0.05, 0.1) is 9.88 Å². The van der Waals surface area contributed by atoms with Crippen molar-refractivity contribution in [1.82, 2.24) is 4.72 Å². The average molecular weight is 371 g/mol. The van der Waals surface area contributed by atoms with E-state index in [1.165, 1.54) is 6.07 Å². The molecule has 1 rings (SSSR count). The molecule has 0 saturated carbocycles. The first-order chi connectivity index (χ1) is 8.30. The highest BCUT2D eigenvalue weighted by molar-refractivity contribution is 7.89. The Morgan fingerprint density at radius 1 is 1.33 bits per heavy atom. The van der Waals surface area contributed by atoms with Crippen LogP contribution in [0.15, 0.2) is 11.0 Å². The SMILES string of the molecule is CCC(CCl)(CCl)NS(=O)(=O)c1cc(Cl)sc1Cl. The van der Waals surface area contributed by atoms with E-state index >= 15 is 0 Å². The smallest absolute Gasteiger partial charge is 0.207 e. The Morgan fingerprint density at radius 3 is 2.22 bits per heavy atom. The summed E-state index contributed by atoms with van der Waals surface area (Å²) in [6, 6.07) is 1.31. The van der Waals surface area contributed by atoms with E-state index in [-0.39, 0.29) is 21.0 Å². The molecule has 0 unspecified atom stereocenters. The fourth-order valence-electron chi connectivity index (χ4n) is 1.20. The molecule has 0 aliphatic rings. The minimum atomic E-state index is -3.79. The van der Waals surface area contributed by atoms with Gasteiger partial charge in [0.1, 0.15) is 9.23 Å². The van der Waals surface area contributed by atoms with E-state index < -0.39 is 15.6 Å². The number of sulfonamides is 1. The van der Waals surface area contributed by atoms with Gasteiger partial charge in [0.2, 0.25) is 10.0 Å². The number of nitrogens with one attached hydrogen (secondary N) is 1. The zero-order valence-corrected chi connectivity index (χ0v) is 14.0. The van der Waals surface area contributed by atoms with Gasteiger partial charge in [0.15, 0.2) is 0 Å². The van der Waals surface area contributed by atoms with Gasteiger partial charge in [-0.1, -0.05) is 30.1 Å². The van der Waals surface area contributed by atoms with Gasteiger partial charge in [-0.25, -0.2) is 13.1 Å². The lowest BCUT2D eigenvalue weighted by Gasteiger charge is -2.28. The maximum absolute atomic E-state index is 12.2. The maximum atomic E-state index is 12.2. The molecule has 9 heteroatoms. The summed E-state index contributed by atoms with van der Waals surface area (Å²) in [4.78, 5) is -0.0489. The van der Waals surface area contributed by atoms with Crippen LogP contribution in [0.4, 0.5) is 0 Å². The van der Waals surface area contributed by atoms with Crippen LogP contribution < -0.4 is 4.72 Å². The van der Waals surface area contributed by atoms with Gasteiger partial charge >= 0.3 is 0 Å². The molecule has 3 nitrogen and oxygen atoms in total. The van der Waals surface area contributed by atoms with Crippen molar-refractivity contribution >= 4 is 67.8 Å². The molecule has 0 bridgehead atoms. The monoisotopic (exact) mass is 369 g/mol. The Balaban J connectivity index is 3.12. The van der Waals surface area contributed by atoms with Gasteiger partial charge in [-0.15, -0.1) is 34.5 Å². The number of hydrogen-bond donors (Lipinski definition) is 1. The van der Waals surface area contributed by atoms with Crippen molar-refractivity contribution in [2.24, 2.45) is 0 Å². The third-order valence-electron chi connectivity index (χ3n) is 2.45. The van der Waals surface area contributed by atoms with Crippen LogP contribution in [-0.2, 0) is 10.0 Å². The van der Waals surface area contributed by atoms with E-state index in [0.717, 1.165) is 11.3 Å². The van der Waals surface area contributed by atoms with Gasteiger partial charge in [-0.2, -0.15) is 0 Å². The van der Waals surface area contributed by atoms with Gasteiger partial charge in [0, 0.05) is 11.8 Å². The number of rotatable bonds is 6. The highest BCUT2D eigenvalue weighted by Gasteiger charge is 2.34. The van der Waals surface area contributed by atoms with Crippen molar-refractivity contribution in [2.75, 3.05) is 11.8 Å². The quantitative estimate of drug-likeness (QED) is 0.770. The normalized spacial score (nSPS) is 12.9. The molecule has 18 heavy (non-hydrogen) atoms. The van der Waals surface area contributed by atoms with E-state index in [0.29, 0.717) is 10.8 Å². The van der Waals surface area contributed by atoms with E-state index in [1.807, 2.05) is 0 Å². The molecular weight excluding hydrogens is 360 g/mol. The predicted octanol–water partition coefficient (Wildman–Crippen LogP) is 3.96. The molecule has 1 heterocycles. The van der Waals surface area contributed by atoms with Crippen molar-refractivity contribution in [3.63, 3.8) is 0 Å². The van der Waals surface area contributed by atoms with E-state index in [9.17, 15) is 8.42 Å². The average Bonchev–Trinajstić information content (AvgIpc) is 2.66. The zero-order valence-electron chi connectivity index (χ0n) is 9.34. The van der Waals surface area contributed by atoms with E-state index in [1.54, 1.807) is 6.92 Å². The lowest BCUT2D eigenvalue weighted by molar-refractivity contribution is 0.450. The lowest BCUT2D eigenvalue weighted by atomic mass is 10.0. The Labute approximate surface area is 130 Å². The van der Waals surface area contributed by atoms with Crippen molar-refractivity contribution in [2.45, 2.75) is 23.8 Å². The Bertz CT molecular complexity index is 502. The van der Waals surface area contributed by atoms with Crippen molar-refractivity contribution in [1.29, 1.82) is 0 Å². The highest BCUT2D eigenvalue weighted by Crippen LogP contribution is 2.35. The molecule has 1 N–H and O–H groups in total. The molecule has 0 aliphatic heterocycles. The topological polar surface area (TPSA) is 46.2 Å². The van der Waals surface area contributed by atoms with Crippen LogP contribution in [0.25, 0.3) is 0 Å². The van der Waals surface area contributed by atoms with Crippen molar-refractivity contribution in [3.05, 3.63) is 14.7 Å². The first kappa shape index (κ1) is 16.8. The third-order valence-corrected chi connectivity index (χ3v) is 6.81. The molecule has 0 fully saturated rings. The summed E-state index contributed by atoms with van der Waals surface area (Å²) in [5.41, 5.74) is -0.889. The van der Waals surface area contributed by atoms with Crippen molar-refractivity contribution in [3.8, 4) is 0 Å². The van der Waals surface area contributed by atoms with Crippen LogP contribution in [0.1, 0.15) is 13.3 Å². The first-order valence-electron chi connectivity index (χ1n) is 4.91. The molecule has 104 valence electrons. The second kappa shape index (κ2) is 6.48. The molecule has 0 amide bonds. The molecule has 1 aromatic heterocycles. The fraction of sp³-hybridized carbons (Fsp3) is 0.556. The number of thiophene rings is 1.